The molecule has 0 aliphatic carbocycles. The molecule has 0 amide bonds. The Morgan fingerprint density at radius 2 is 1.81 bits per heavy atom. The summed E-state index contributed by atoms with van der Waals surface area (Å²) < 4.78 is 10.8. The number of benzene rings is 2. The molecule has 1 N–H and O–H groups in total. The maximum atomic E-state index is 11.6. The zero-order chi connectivity index (χ0) is 19.4. The molecule has 0 unspecified atom stereocenters. The standard InChI is InChI=1S/C17H12Cl2N4O4/c1-26-12-7-2-3-8-13(12)27-17-15(23(24)25)16(20-9-21-17)22-11-6-4-5-10(18)14(11)19/h2-9H,1H3,(H,20,21,22). The molecule has 0 saturated carbocycles. The van der Waals surface area contributed by atoms with Crippen LogP contribution < -0.4 is 14.8 Å². The Balaban J connectivity index is 2.03. The number of para-hydroxylation sites is 2. The van der Waals surface area contributed by atoms with Crippen LogP contribution in [0, 0.1) is 10.1 Å². The van der Waals surface area contributed by atoms with E-state index in [4.69, 9.17) is 32.7 Å². The van der Waals surface area contributed by atoms with Gasteiger partial charge in [0.15, 0.2) is 11.5 Å². The molecule has 0 aliphatic rings. The molecule has 0 atom stereocenters. The number of rotatable bonds is 6. The monoisotopic (exact) mass is 406 g/mol. The third kappa shape index (κ3) is 4.02. The lowest BCUT2D eigenvalue weighted by atomic mass is 10.3. The topological polar surface area (TPSA) is 99.4 Å². The first-order valence-corrected chi connectivity index (χ1v) is 8.28. The summed E-state index contributed by atoms with van der Waals surface area (Å²) in [5, 5.41) is 14.9. The third-order valence-electron chi connectivity index (χ3n) is 3.45. The van der Waals surface area contributed by atoms with Crippen molar-refractivity contribution in [3.8, 4) is 17.4 Å². The van der Waals surface area contributed by atoms with Crippen LogP contribution in [0.1, 0.15) is 0 Å². The summed E-state index contributed by atoms with van der Waals surface area (Å²) in [7, 11) is 1.46. The molecular formula is C17H12Cl2N4O4. The largest absolute Gasteiger partial charge is 0.493 e. The van der Waals surface area contributed by atoms with E-state index in [-0.39, 0.29) is 22.5 Å². The molecule has 3 aromatic rings. The highest BCUT2D eigenvalue weighted by Crippen LogP contribution is 2.39. The molecule has 0 fully saturated rings. The van der Waals surface area contributed by atoms with Gasteiger partial charge in [0.25, 0.3) is 0 Å². The van der Waals surface area contributed by atoms with Gasteiger partial charge in [0, 0.05) is 0 Å². The first-order chi connectivity index (χ1) is 13.0. The SMILES string of the molecule is COc1ccccc1Oc1ncnc(Nc2cccc(Cl)c2Cl)c1[N+](=O)[O-]. The number of anilines is 2. The molecule has 0 saturated heterocycles. The summed E-state index contributed by atoms with van der Waals surface area (Å²) in [6.45, 7) is 0. The Labute approximate surface area is 163 Å². The van der Waals surface area contributed by atoms with Gasteiger partial charge in [-0.2, -0.15) is 4.98 Å². The lowest BCUT2D eigenvalue weighted by Gasteiger charge is -2.12. The highest BCUT2D eigenvalue weighted by Gasteiger charge is 2.26. The molecular weight excluding hydrogens is 395 g/mol. The number of nitro groups is 1. The minimum Gasteiger partial charge on any atom is -0.493 e. The van der Waals surface area contributed by atoms with Crippen molar-refractivity contribution in [1.82, 2.24) is 9.97 Å². The Bertz CT molecular complexity index is 1000. The van der Waals surface area contributed by atoms with E-state index < -0.39 is 10.6 Å². The number of ether oxygens (including phenoxy) is 2. The average molecular weight is 407 g/mol. The minimum absolute atomic E-state index is 0.0935. The van der Waals surface area contributed by atoms with Crippen LogP contribution in [0.2, 0.25) is 10.0 Å². The number of methoxy groups -OCH3 is 1. The van der Waals surface area contributed by atoms with Gasteiger partial charge >= 0.3 is 11.6 Å². The Morgan fingerprint density at radius 3 is 2.52 bits per heavy atom. The quantitative estimate of drug-likeness (QED) is 0.441. The number of hydrogen-bond donors (Lipinski definition) is 1. The van der Waals surface area contributed by atoms with E-state index >= 15 is 0 Å². The van der Waals surface area contributed by atoms with Crippen LogP contribution in [0.5, 0.6) is 17.4 Å². The Kier molecular flexibility index (Phi) is 5.58. The highest BCUT2D eigenvalue weighted by molar-refractivity contribution is 6.43. The van der Waals surface area contributed by atoms with E-state index in [0.29, 0.717) is 16.5 Å². The number of nitrogens with zero attached hydrogens (tertiary/aromatic N) is 3. The van der Waals surface area contributed by atoms with Crippen LogP contribution >= 0.6 is 23.2 Å². The van der Waals surface area contributed by atoms with Crippen molar-refractivity contribution in [1.29, 1.82) is 0 Å². The van der Waals surface area contributed by atoms with E-state index in [1.807, 2.05) is 0 Å². The molecule has 0 spiro atoms. The van der Waals surface area contributed by atoms with Gasteiger partial charge in [0.2, 0.25) is 5.82 Å². The van der Waals surface area contributed by atoms with E-state index in [1.165, 1.54) is 7.11 Å². The molecule has 10 heteroatoms. The zero-order valence-corrected chi connectivity index (χ0v) is 15.4. The summed E-state index contributed by atoms with van der Waals surface area (Å²) >= 11 is 12.1. The normalized spacial score (nSPS) is 10.3. The van der Waals surface area contributed by atoms with E-state index in [9.17, 15) is 10.1 Å². The van der Waals surface area contributed by atoms with Gasteiger partial charge in [-0.15, -0.1) is 0 Å². The van der Waals surface area contributed by atoms with E-state index in [2.05, 4.69) is 15.3 Å². The van der Waals surface area contributed by atoms with Crippen molar-refractivity contribution in [3.05, 3.63) is 69.0 Å². The van der Waals surface area contributed by atoms with Gasteiger partial charge in [-0.25, -0.2) is 4.98 Å². The van der Waals surface area contributed by atoms with Gasteiger partial charge in [0.05, 0.1) is 27.8 Å². The molecule has 0 aliphatic heterocycles. The second-order valence-electron chi connectivity index (χ2n) is 5.11. The molecule has 0 bridgehead atoms. The molecule has 27 heavy (non-hydrogen) atoms. The van der Waals surface area contributed by atoms with Crippen molar-refractivity contribution in [3.63, 3.8) is 0 Å². The number of halogens is 2. The van der Waals surface area contributed by atoms with Gasteiger partial charge in [-0.1, -0.05) is 41.4 Å². The predicted molar refractivity (Wildman–Crippen MR) is 101 cm³/mol. The van der Waals surface area contributed by atoms with Crippen molar-refractivity contribution in [2.75, 3.05) is 12.4 Å². The van der Waals surface area contributed by atoms with Crippen LogP contribution in [0.15, 0.2) is 48.8 Å². The Hall–Kier alpha value is -3.10. The van der Waals surface area contributed by atoms with Crippen molar-refractivity contribution in [2.24, 2.45) is 0 Å². The fourth-order valence-electron chi connectivity index (χ4n) is 2.23. The molecule has 1 aromatic heterocycles. The maximum Gasteiger partial charge on any atom is 0.373 e. The fraction of sp³-hybridized carbons (Fsp3) is 0.0588. The van der Waals surface area contributed by atoms with Crippen molar-refractivity contribution < 1.29 is 14.4 Å². The number of hydrogen-bond acceptors (Lipinski definition) is 7. The lowest BCUT2D eigenvalue weighted by molar-refractivity contribution is -0.385. The molecule has 0 radical (unpaired) electrons. The smallest absolute Gasteiger partial charge is 0.373 e. The first kappa shape index (κ1) is 18.7. The summed E-state index contributed by atoms with van der Waals surface area (Å²) in [6.07, 6.45) is 1.14. The summed E-state index contributed by atoms with van der Waals surface area (Å²) in [6, 6.07) is 11.6. The number of nitrogens with one attached hydrogen (secondary N) is 1. The van der Waals surface area contributed by atoms with Gasteiger partial charge in [-0.05, 0) is 24.3 Å². The van der Waals surface area contributed by atoms with Crippen LogP contribution in [0.4, 0.5) is 17.2 Å². The second kappa shape index (κ2) is 8.07. The Morgan fingerprint density at radius 1 is 1.07 bits per heavy atom. The van der Waals surface area contributed by atoms with Gasteiger partial charge in [0.1, 0.15) is 6.33 Å². The molecule has 8 nitrogen and oxygen atoms in total. The fourth-order valence-corrected chi connectivity index (χ4v) is 2.58. The molecule has 1 heterocycles. The third-order valence-corrected chi connectivity index (χ3v) is 4.27. The van der Waals surface area contributed by atoms with Crippen LogP contribution in [0.25, 0.3) is 0 Å². The predicted octanol–water partition coefficient (Wildman–Crippen LogP) is 5.24. The molecule has 3 rings (SSSR count). The summed E-state index contributed by atoms with van der Waals surface area (Å²) in [5.41, 5.74) is -0.103. The average Bonchev–Trinajstić information content (AvgIpc) is 2.66. The van der Waals surface area contributed by atoms with Crippen LogP contribution in [0.3, 0.4) is 0 Å². The first-order valence-electron chi connectivity index (χ1n) is 7.52. The molecule has 2 aromatic carbocycles. The van der Waals surface area contributed by atoms with E-state index in [1.54, 1.807) is 42.5 Å². The molecule has 138 valence electrons. The number of aromatic nitrogens is 2. The van der Waals surface area contributed by atoms with E-state index in [0.717, 1.165) is 6.33 Å². The maximum absolute atomic E-state index is 11.6. The summed E-state index contributed by atoms with van der Waals surface area (Å²) in [4.78, 5) is 18.8. The van der Waals surface area contributed by atoms with Crippen LogP contribution in [-0.4, -0.2) is 22.0 Å². The van der Waals surface area contributed by atoms with Crippen molar-refractivity contribution >= 4 is 40.4 Å². The zero-order valence-electron chi connectivity index (χ0n) is 13.8. The van der Waals surface area contributed by atoms with Gasteiger partial charge < -0.3 is 14.8 Å². The van der Waals surface area contributed by atoms with Crippen LogP contribution in [-0.2, 0) is 0 Å². The highest BCUT2D eigenvalue weighted by atomic mass is 35.5. The van der Waals surface area contributed by atoms with Gasteiger partial charge in [-0.3, -0.25) is 10.1 Å². The second-order valence-corrected chi connectivity index (χ2v) is 5.90. The minimum atomic E-state index is -0.647. The van der Waals surface area contributed by atoms with Crippen molar-refractivity contribution in [2.45, 2.75) is 0 Å². The lowest BCUT2D eigenvalue weighted by Crippen LogP contribution is -2.04. The summed E-state index contributed by atoms with van der Waals surface area (Å²) in [5.74, 6) is 0.329.